The third-order valence-corrected chi connectivity index (χ3v) is 5.96. The Labute approximate surface area is 85.8 Å². The van der Waals surface area contributed by atoms with E-state index < -0.39 is 16.0 Å². The van der Waals surface area contributed by atoms with Gasteiger partial charge in [-0.2, -0.15) is 0 Å². The number of hydrogen-bond acceptors (Lipinski definition) is 2. The summed E-state index contributed by atoms with van der Waals surface area (Å²) >= 11 is 0. The van der Waals surface area contributed by atoms with Crippen molar-refractivity contribution in [3.05, 3.63) is 0 Å². The largest absolute Gasteiger partial charge is 0.247 e. The Morgan fingerprint density at radius 1 is 1.29 bits per heavy atom. The molecule has 0 bridgehead atoms. The molecule has 1 aliphatic rings. The minimum absolute atomic E-state index is 0.0360. The van der Waals surface area contributed by atoms with E-state index in [-0.39, 0.29) is 16.4 Å². The fraction of sp³-hybridized carbons (Fsp3) is 1.00. The maximum absolute atomic E-state index is 13.0. The zero-order chi connectivity index (χ0) is 10.9. The van der Waals surface area contributed by atoms with Gasteiger partial charge in [-0.15, -0.1) is 0 Å². The van der Waals surface area contributed by atoms with E-state index in [2.05, 4.69) is 0 Å². The van der Waals surface area contributed by atoms with Crippen LogP contribution in [0.15, 0.2) is 0 Å². The van der Waals surface area contributed by atoms with E-state index >= 15 is 0 Å². The first kappa shape index (κ1) is 12.0. The molecule has 0 aromatic rings. The quantitative estimate of drug-likeness (QED) is 0.718. The average molecular weight is 222 g/mol. The highest BCUT2D eigenvalue weighted by Crippen LogP contribution is 2.32. The molecule has 0 amide bonds. The molecule has 0 saturated heterocycles. The van der Waals surface area contributed by atoms with Gasteiger partial charge in [-0.05, 0) is 39.0 Å². The summed E-state index contributed by atoms with van der Waals surface area (Å²) in [5.41, 5.74) is 0. The summed E-state index contributed by atoms with van der Waals surface area (Å²) in [6.07, 6.45) is 0.490. The van der Waals surface area contributed by atoms with Crippen molar-refractivity contribution in [1.82, 2.24) is 0 Å². The maximum atomic E-state index is 13.0. The van der Waals surface area contributed by atoms with Crippen LogP contribution in [-0.4, -0.2) is 25.1 Å². The van der Waals surface area contributed by atoms with Crippen LogP contribution in [0.4, 0.5) is 4.39 Å². The topological polar surface area (TPSA) is 34.1 Å². The van der Waals surface area contributed by atoms with Crippen molar-refractivity contribution in [2.75, 3.05) is 0 Å². The number of alkyl halides is 1. The standard InChI is InChI=1S/C10H19FO2S/c1-7(2)14(12,13)10-5-4-9(11)6-8(10)3/h7-10H,4-6H2,1-3H3. The zero-order valence-electron chi connectivity index (χ0n) is 9.03. The van der Waals surface area contributed by atoms with Gasteiger partial charge in [0.15, 0.2) is 9.84 Å². The molecular weight excluding hydrogens is 203 g/mol. The Bertz CT molecular complexity index is 284. The molecule has 0 radical (unpaired) electrons. The predicted molar refractivity (Wildman–Crippen MR) is 55.8 cm³/mol. The summed E-state index contributed by atoms with van der Waals surface area (Å²) in [4.78, 5) is 0. The van der Waals surface area contributed by atoms with Crippen LogP contribution >= 0.6 is 0 Å². The zero-order valence-corrected chi connectivity index (χ0v) is 9.85. The van der Waals surface area contributed by atoms with Crippen LogP contribution in [0.3, 0.4) is 0 Å². The second-order valence-corrected chi connectivity index (χ2v) is 7.29. The van der Waals surface area contributed by atoms with E-state index in [1.165, 1.54) is 0 Å². The second kappa shape index (κ2) is 4.17. The van der Waals surface area contributed by atoms with Crippen molar-refractivity contribution in [1.29, 1.82) is 0 Å². The molecule has 1 fully saturated rings. The predicted octanol–water partition coefficient (Wildman–Crippen LogP) is 2.34. The molecule has 1 saturated carbocycles. The van der Waals surface area contributed by atoms with Gasteiger partial charge in [0.05, 0.1) is 10.5 Å². The van der Waals surface area contributed by atoms with Crippen LogP contribution in [0.25, 0.3) is 0 Å². The molecule has 0 aromatic carbocycles. The normalized spacial score (nSPS) is 34.8. The summed E-state index contributed by atoms with van der Waals surface area (Å²) in [5.74, 6) is -0.0360. The highest BCUT2D eigenvalue weighted by Gasteiger charge is 2.37. The van der Waals surface area contributed by atoms with Gasteiger partial charge in [0.2, 0.25) is 0 Å². The molecule has 0 N–H and O–H groups in total. The van der Waals surface area contributed by atoms with Crippen molar-refractivity contribution < 1.29 is 12.8 Å². The lowest BCUT2D eigenvalue weighted by Gasteiger charge is -2.31. The summed E-state index contributed by atoms with van der Waals surface area (Å²) in [5, 5.41) is -0.666. The Morgan fingerprint density at radius 3 is 2.29 bits per heavy atom. The van der Waals surface area contributed by atoms with Crippen LogP contribution in [0.1, 0.15) is 40.0 Å². The van der Waals surface area contributed by atoms with Gasteiger partial charge in [-0.3, -0.25) is 0 Å². The fourth-order valence-electron chi connectivity index (χ4n) is 2.14. The summed E-state index contributed by atoms with van der Waals surface area (Å²) in [6.45, 7) is 5.24. The first-order chi connectivity index (χ1) is 6.35. The number of rotatable bonds is 2. The average Bonchev–Trinajstić information content (AvgIpc) is 2.02. The SMILES string of the molecule is CC1CC(F)CCC1S(=O)(=O)C(C)C. The first-order valence-corrected chi connectivity index (χ1v) is 6.83. The minimum atomic E-state index is -3.04. The van der Waals surface area contributed by atoms with Crippen LogP contribution in [0.5, 0.6) is 0 Å². The van der Waals surface area contributed by atoms with Crippen LogP contribution in [0.2, 0.25) is 0 Å². The molecule has 84 valence electrons. The Morgan fingerprint density at radius 2 is 1.86 bits per heavy atom. The number of halogens is 1. The highest BCUT2D eigenvalue weighted by atomic mass is 32.2. The third-order valence-electron chi connectivity index (χ3n) is 3.11. The molecule has 1 aliphatic carbocycles. The van der Waals surface area contributed by atoms with Gasteiger partial charge >= 0.3 is 0 Å². The molecule has 2 nitrogen and oxygen atoms in total. The Kier molecular flexibility index (Phi) is 3.56. The molecule has 14 heavy (non-hydrogen) atoms. The maximum Gasteiger partial charge on any atom is 0.155 e. The number of sulfone groups is 1. The highest BCUT2D eigenvalue weighted by molar-refractivity contribution is 7.92. The summed E-state index contributed by atoms with van der Waals surface area (Å²) < 4.78 is 36.8. The van der Waals surface area contributed by atoms with Crippen molar-refractivity contribution in [3.8, 4) is 0 Å². The molecule has 0 spiro atoms. The Hall–Kier alpha value is -0.120. The van der Waals surface area contributed by atoms with Gasteiger partial charge in [0.25, 0.3) is 0 Å². The summed E-state index contributed by atoms with van der Waals surface area (Å²) in [6, 6.07) is 0. The molecule has 3 atom stereocenters. The van der Waals surface area contributed by atoms with Crippen molar-refractivity contribution >= 4 is 9.84 Å². The van der Waals surface area contributed by atoms with E-state index in [0.717, 1.165) is 0 Å². The van der Waals surface area contributed by atoms with Crippen LogP contribution < -0.4 is 0 Å². The fourth-order valence-corrected chi connectivity index (χ4v) is 4.06. The van der Waals surface area contributed by atoms with Crippen LogP contribution in [0, 0.1) is 5.92 Å². The lowest BCUT2D eigenvalue weighted by atomic mass is 9.89. The molecule has 0 aliphatic heterocycles. The smallest absolute Gasteiger partial charge is 0.155 e. The lowest BCUT2D eigenvalue weighted by molar-refractivity contribution is 0.209. The molecular formula is C10H19FO2S. The van der Waals surface area contributed by atoms with E-state index in [1.54, 1.807) is 13.8 Å². The van der Waals surface area contributed by atoms with Gasteiger partial charge in [0.1, 0.15) is 6.17 Å². The van der Waals surface area contributed by atoms with E-state index in [9.17, 15) is 12.8 Å². The molecule has 0 aromatic heterocycles. The van der Waals surface area contributed by atoms with Crippen molar-refractivity contribution in [2.45, 2.75) is 56.7 Å². The summed E-state index contributed by atoms with van der Waals surface area (Å²) in [7, 11) is -3.04. The van der Waals surface area contributed by atoms with Gasteiger partial charge in [0, 0.05) is 0 Å². The van der Waals surface area contributed by atoms with E-state index in [1.807, 2.05) is 6.92 Å². The monoisotopic (exact) mass is 222 g/mol. The lowest BCUT2D eigenvalue weighted by Crippen LogP contribution is -2.38. The van der Waals surface area contributed by atoms with Crippen molar-refractivity contribution in [2.24, 2.45) is 5.92 Å². The van der Waals surface area contributed by atoms with Gasteiger partial charge in [-0.25, -0.2) is 12.8 Å². The van der Waals surface area contributed by atoms with E-state index in [4.69, 9.17) is 0 Å². The van der Waals surface area contributed by atoms with Gasteiger partial charge in [-0.1, -0.05) is 6.92 Å². The van der Waals surface area contributed by atoms with Gasteiger partial charge < -0.3 is 0 Å². The first-order valence-electron chi connectivity index (χ1n) is 5.22. The molecule has 3 unspecified atom stereocenters. The minimum Gasteiger partial charge on any atom is -0.247 e. The van der Waals surface area contributed by atoms with E-state index in [0.29, 0.717) is 19.3 Å². The van der Waals surface area contributed by atoms with Crippen LogP contribution in [-0.2, 0) is 9.84 Å². The second-order valence-electron chi connectivity index (χ2n) is 4.56. The Balaban J connectivity index is 2.79. The number of hydrogen-bond donors (Lipinski definition) is 0. The molecule has 1 rings (SSSR count). The third kappa shape index (κ3) is 2.27. The van der Waals surface area contributed by atoms with Crippen molar-refractivity contribution in [3.63, 3.8) is 0 Å². The molecule has 4 heteroatoms. The molecule has 0 heterocycles.